The van der Waals surface area contributed by atoms with Gasteiger partial charge in [0.25, 0.3) is 5.91 Å². The van der Waals surface area contributed by atoms with Crippen LogP contribution >= 0.6 is 0 Å². The maximum absolute atomic E-state index is 12.7. The average Bonchev–Trinajstić information content (AvgIpc) is 2.82. The number of piperidine rings is 1. The second-order valence-corrected chi connectivity index (χ2v) is 8.03. The Bertz CT molecular complexity index is 940. The molecule has 1 fully saturated rings. The molecular formula is C24H28F3N3O3. The van der Waals surface area contributed by atoms with Crippen LogP contribution in [0.1, 0.15) is 54.1 Å². The Morgan fingerprint density at radius 1 is 1.15 bits per heavy atom. The second-order valence-electron chi connectivity index (χ2n) is 8.03. The quantitative estimate of drug-likeness (QED) is 0.588. The number of ether oxygens (including phenoxy) is 1. The van der Waals surface area contributed by atoms with Crippen LogP contribution < -0.4 is 10.1 Å². The summed E-state index contributed by atoms with van der Waals surface area (Å²) in [7, 11) is 0. The third kappa shape index (κ3) is 6.69. The molecule has 0 radical (unpaired) electrons. The zero-order valence-electron chi connectivity index (χ0n) is 18.5. The molecule has 9 heteroatoms. The van der Waals surface area contributed by atoms with Crippen molar-refractivity contribution in [3.8, 4) is 5.88 Å². The van der Waals surface area contributed by atoms with Crippen LogP contribution in [0.5, 0.6) is 5.88 Å². The Kier molecular flexibility index (Phi) is 8.30. The van der Waals surface area contributed by atoms with Gasteiger partial charge in [0.2, 0.25) is 11.8 Å². The number of unbranched alkanes of at least 4 members (excludes halogenated alkanes) is 1. The Balaban J connectivity index is 1.49. The van der Waals surface area contributed by atoms with Crippen LogP contribution in [0.2, 0.25) is 0 Å². The number of nitrogens with one attached hydrogen (secondary N) is 1. The van der Waals surface area contributed by atoms with E-state index in [0.717, 1.165) is 30.5 Å². The van der Waals surface area contributed by atoms with E-state index in [9.17, 15) is 22.8 Å². The first-order chi connectivity index (χ1) is 15.8. The van der Waals surface area contributed by atoms with Gasteiger partial charge in [0.1, 0.15) is 0 Å². The van der Waals surface area contributed by atoms with Gasteiger partial charge in [-0.05, 0) is 49.6 Å². The first-order valence-electron chi connectivity index (χ1n) is 11.1. The smallest absolute Gasteiger partial charge is 0.416 e. The van der Waals surface area contributed by atoms with E-state index in [4.69, 9.17) is 4.74 Å². The van der Waals surface area contributed by atoms with Crippen LogP contribution in [0.4, 0.5) is 13.2 Å². The van der Waals surface area contributed by atoms with Crippen molar-refractivity contribution in [1.82, 2.24) is 15.2 Å². The van der Waals surface area contributed by atoms with Crippen LogP contribution in [-0.2, 0) is 17.5 Å². The zero-order valence-corrected chi connectivity index (χ0v) is 18.5. The number of pyridine rings is 1. The number of rotatable bonds is 8. The Hall–Kier alpha value is -3.10. The lowest BCUT2D eigenvalue weighted by atomic mass is 9.95. The number of carbonyl (C=O) groups excluding carboxylic acids is 2. The van der Waals surface area contributed by atoms with Crippen molar-refractivity contribution in [2.45, 2.75) is 45.3 Å². The Morgan fingerprint density at radius 3 is 2.48 bits per heavy atom. The van der Waals surface area contributed by atoms with Gasteiger partial charge >= 0.3 is 6.18 Å². The van der Waals surface area contributed by atoms with Crippen molar-refractivity contribution < 1.29 is 27.5 Å². The third-order valence-electron chi connectivity index (χ3n) is 5.65. The first kappa shape index (κ1) is 24.5. The topological polar surface area (TPSA) is 71.5 Å². The first-order valence-corrected chi connectivity index (χ1v) is 11.1. The number of amides is 2. The monoisotopic (exact) mass is 463 g/mol. The van der Waals surface area contributed by atoms with Gasteiger partial charge in [-0.3, -0.25) is 9.59 Å². The van der Waals surface area contributed by atoms with Gasteiger partial charge in [0.15, 0.2) is 0 Å². The normalized spacial score (nSPS) is 14.7. The molecule has 2 amide bonds. The molecule has 178 valence electrons. The van der Waals surface area contributed by atoms with Crippen LogP contribution in [0.25, 0.3) is 0 Å². The molecule has 1 aliphatic rings. The van der Waals surface area contributed by atoms with Gasteiger partial charge in [0, 0.05) is 42.9 Å². The fourth-order valence-corrected chi connectivity index (χ4v) is 3.66. The van der Waals surface area contributed by atoms with Crippen molar-refractivity contribution in [3.05, 3.63) is 59.3 Å². The summed E-state index contributed by atoms with van der Waals surface area (Å²) >= 11 is 0. The summed E-state index contributed by atoms with van der Waals surface area (Å²) < 4.78 is 43.8. The number of alkyl halides is 3. The zero-order chi connectivity index (χ0) is 23.8. The number of hydrogen-bond acceptors (Lipinski definition) is 4. The van der Waals surface area contributed by atoms with Crippen LogP contribution in [0, 0.1) is 5.92 Å². The van der Waals surface area contributed by atoms with Gasteiger partial charge in [-0.25, -0.2) is 4.98 Å². The molecule has 1 aliphatic heterocycles. The highest BCUT2D eigenvalue weighted by atomic mass is 19.4. The lowest BCUT2D eigenvalue weighted by molar-refractivity contribution is -0.137. The predicted octanol–water partition coefficient (Wildman–Crippen LogP) is 4.45. The number of nitrogens with zero attached hydrogens (tertiary/aromatic N) is 2. The molecule has 3 rings (SSSR count). The molecule has 0 atom stereocenters. The number of halogens is 3. The third-order valence-corrected chi connectivity index (χ3v) is 5.65. The van der Waals surface area contributed by atoms with Crippen molar-refractivity contribution in [3.63, 3.8) is 0 Å². The van der Waals surface area contributed by atoms with Gasteiger partial charge in [-0.1, -0.05) is 19.4 Å². The molecular weight excluding hydrogens is 435 g/mol. The van der Waals surface area contributed by atoms with E-state index in [1.807, 2.05) is 6.07 Å². The second kappa shape index (κ2) is 11.2. The van der Waals surface area contributed by atoms with E-state index in [1.165, 1.54) is 12.1 Å². The van der Waals surface area contributed by atoms with E-state index in [0.29, 0.717) is 45.0 Å². The molecule has 33 heavy (non-hydrogen) atoms. The fourth-order valence-electron chi connectivity index (χ4n) is 3.66. The minimum Gasteiger partial charge on any atom is -0.477 e. The average molecular weight is 464 g/mol. The standard InChI is InChI=1S/C24H28F3N3O3/c1-2-3-15-33-22-19(5-4-12-28-22)16-29-21(31)17-10-13-30(14-11-17)23(32)18-6-8-20(9-7-18)24(25,26)27/h4-9,12,17H,2-3,10-11,13-16H2,1H3,(H,29,31). The number of carbonyl (C=O) groups is 2. The Labute approximate surface area is 191 Å². The molecule has 1 saturated heterocycles. The highest BCUT2D eigenvalue weighted by Crippen LogP contribution is 2.29. The molecule has 0 spiro atoms. The molecule has 2 aromatic rings. The van der Waals surface area contributed by atoms with E-state index in [2.05, 4.69) is 17.2 Å². The van der Waals surface area contributed by atoms with E-state index in [-0.39, 0.29) is 23.3 Å². The molecule has 0 unspecified atom stereocenters. The number of hydrogen-bond donors (Lipinski definition) is 1. The SMILES string of the molecule is CCCCOc1ncccc1CNC(=O)C1CCN(C(=O)c2ccc(C(F)(F)F)cc2)CC1. The van der Waals surface area contributed by atoms with Crippen molar-refractivity contribution in [2.75, 3.05) is 19.7 Å². The van der Waals surface area contributed by atoms with Gasteiger partial charge in [-0.15, -0.1) is 0 Å². The highest BCUT2D eigenvalue weighted by molar-refractivity contribution is 5.94. The van der Waals surface area contributed by atoms with E-state index >= 15 is 0 Å². The van der Waals surface area contributed by atoms with E-state index < -0.39 is 11.7 Å². The van der Waals surface area contributed by atoms with Crippen molar-refractivity contribution in [1.29, 1.82) is 0 Å². The fraction of sp³-hybridized carbons (Fsp3) is 0.458. The maximum Gasteiger partial charge on any atom is 0.416 e. The van der Waals surface area contributed by atoms with Crippen LogP contribution in [0.3, 0.4) is 0 Å². The molecule has 0 bridgehead atoms. The summed E-state index contributed by atoms with van der Waals surface area (Å²) in [5.74, 6) is -0.141. The van der Waals surface area contributed by atoms with Crippen molar-refractivity contribution >= 4 is 11.8 Å². The van der Waals surface area contributed by atoms with Crippen LogP contribution in [0.15, 0.2) is 42.6 Å². The summed E-state index contributed by atoms with van der Waals surface area (Å²) in [6.07, 6.45) is 0.128. The minimum absolute atomic E-state index is 0.0972. The summed E-state index contributed by atoms with van der Waals surface area (Å²) in [4.78, 5) is 31.1. The number of benzene rings is 1. The lowest BCUT2D eigenvalue weighted by Gasteiger charge is -2.31. The molecule has 2 heterocycles. The molecule has 0 aliphatic carbocycles. The number of likely N-dealkylation sites (tertiary alicyclic amines) is 1. The summed E-state index contributed by atoms with van der Waals surface area (Å²) in [5, 5.41) is 2.93. The summed E-state index contributed by atoms with van der Waals surface area (Å²) in [6.45, 7) is 3.69. The minimum atomic E-state index is -4.44. The molecule has 0 saturated carbocycles. The highest BCUT2D eigenvalue weighted by Gasteiger charge is 2.31. The molecule has 6 nitrogen and oxygen atoms in total. The summed E-state index contributed by atoms with van der Waals surface area (Å²) in [6, 6.07) is 7.85. The number of aromatic nitrogens is 1. The largest absolute Gasteiger partial charge is 0.477 e. The predicted molar refractivity (Wildman–Crippen MR) is 117 cm³/mol. The van der Waals surface area contributed by atoms with Crippen LogP contribution in [-0.4, -0.2) is 41.4 Å². The molecule has 1 aromatic carbocycles. The van der Waals surface area contributed by atoms with E-state index in [1.54, 1.807) is 17.2 Å². The van der Waals surface area contributed by atoms with Crippen molar-refractivity contribution in [2.24, 2.45) is 5.92 Å². The molecule has 1 N–H and O–H groups in total. The lowest BCUT2D eigenvalue weighted by Crippen LogP contribution is -2.43. The van der Waals surface area contributed by atoms with Gasteiger partial charge in [-0.2, -0.15) is 13.2 Å². The summed E-state index contributed by atoms with van der Waals surface area (Å²) in [5.41, 5.74) is 0.219. The maximum atomic E-state index is 12.7. The Morgan fingerprint density at radius 2 is 1.85 bits per heavy atom. The molecule has 1 aromatic heterocycles. The van der Waals surface area contributed by atoms with Gasteiger partial charge in [0.05, 0.1) is 12.2 Å². The van der Waals surface area contributed by atoms with Gasteiger partial charge < -0.3 is 15.0 Å².